The Bertz CT molecular complexity index is 314. The van der Waals surface area contributed by atoms with E-state index in [-0.39, 0.29) is 18.4 Å². The van der Waals surface area contributed by atoms with Crippen LogP contribution in [0.15, 0.2) is 16.8 Å². The molecule has 1 heterocycles. The lowest BCUT2D eigenvalue weighted by atomic mass is 10.1. The van der Waals surface area contributed by atoms with Crippen molar-refractivity contribution in [3.8, 4) is 0 Å². The average molecular weight is 242 g/mol. The van der Waals surface area contributed by atoms with E-state index in [4.69, 9.17) is 5.73 Å². The number of amides is 1. The van der Waals surface area contributed by atoms with Gasteiger partial charge in [-0.2, -0.15) is 11.3 Å². The highest BCUT2D eigenvalue weighted by Crippen LogP contribution is 2.15. The molecule has 16 heavy (non-hydrogen) atoms. The predicted molar refractivity (Wildman–Crippen MR) is 65.1 cm³/mol. The van der Waals surface area contributed by atoms with E-state index in [9.17, 15) is 9.90 Å². The predicted octanol–water partition coefficient (Wildman–Crippen LogP) is 0.883. The van der Waals surface area contributed by atoms with Crippen molar-refractivity contribution in [2.75, 3.05) is 13.1 Å². The van der Waals surface area contributed by atoms with Crippen LogP contribution in [0.4, 0.5) is 0 Å². The second-order valence-electron chi connectivity index (χ2n) is 3.80. The van der Waals surface area contributed by atoms with Crippen molar-refractivity contribution < 1.29 is 9.90 Å². The summed E-state index contributed by atoms with van der Waals surface area (Å²) >= 11 is 1.53. The summed E-state index contributed by atoms with van der Waals surface area (Å²) in [6.45, 7) is 2.59. The molecule has 1 amide bonds. The smallest absolute Gasteiger partial charge is 0.222 e. The number of carbonyl (C=O) groups excluding carboxylic acids is 1. The molecule has 0 aliphatic heterocycles. The third kappa shape index (κ3) is 3.92. The van der Waals surface area contributed by atoms with Crippen molar-refractivity contribution in [3.63, 3.8) is 0 Å². The first kappa shape index (κ1) is 13.2. The van der Waals surface area contributed by atoms with Crippen molar-refractivity contribution >= 4 is 17.2 Å². The molecule has 2 unspecified atom stereocenters. The van der Waals surface area contributed by atoms with E-state index in [1.54, 1.807) is 0 Å². The number of hydrogen-bond acceptors (Lipinski definition) is 4. The van der Waals surface area contributed by atoms with E-state index >= 15 is 0 Å². The van der Waals surface area contributed by atoms with Gasteiger partial charge in [-0.05, 0) is 35.4 Å². The molecule has 0 saturated carbocycles. The Morgan fingerprint density at radius 3 is 3.00 bits per heavy atom. The summed E-state index contributed by atoms with van der Waals surface area (Å²) in [4.78, 5) is 11.5. The molecule has 5 heteroatoms. The standard InChI is InChI=1S/C11H18N2O2S/c1-8(2-4-12)11(15)13-6-10(14)9-3-5-16-7-9/h3,5,7-8,10,14H,2,4,6,12H2,1H3,(H,13,15). The molecular weight excluding hydrogens is 224 g/mol. The molecule has 0 spiro atoms. The second-order valence-corrected chi connectivity index (χ2v) is 4.58. The van der Waals surface area contributed by atoms with Crippen molar-refractivity contribution in [3.05, 3.63) is 22.4 Å². The molecule has 1 aromatic heterocycles. The lowest BCUT2D eigenvalue weighted by molar-refractivity contribution is -0.125. The SMILES string of the molecule is CC(CCN)C(=O)NCC(O)c1ccsc1. The minimum atomic E-state index is -0.625. The molecule has 0 radical (unpaired) electrons. The number of hydrogen-bond donors (Lipinski definition) is 3. The van der Waals surface area contributed by atoms with Crippen LogP contribution in [-0.2, 0) is 4.79 Å². The maximum Gasteiger partial charge on any atom is 0.222 e. The van der Waals surface area contributed by atoms with Gasteiger partial charge < -0.3 is 16.2 Å². The highest BCUT2D eigenvalue weighted by molar-refractivity contribution is 7.07. The number of rotatable bonds is 6. The zero-order chi connectivity index (χ0) is 12.0. The van der Waals surface area contributed by atoms with Gasteiger partial charge in [-0.15, -0.1) is 0 Å². The van der Waals surface area contributed by atoms with Crippen LogP contribution in [0.2, 0.25) is 0 Å². The lowest BCUT2D eigenvalue weighted by Crippen LogP contribution is -2.33. The molecule has 0 aliphatic rings. The number of aliphatic hydroxyl groups excluding tert-OH is 1. The van der Waals surface area contributed by atoms with Gasteiger partial charge in [0.1, 0.15) is 0 Å². The molecule has 4 nitrogen and oxygen atoms in total. The first-order valence-electron chi connectivity index (χ1n) is 5.33. The highest BCUT2D eigenvalue weighted by atomic mass is 32.1. The van der Waals surface area contributed by atoms with Gasteiger partial charge in [0.25, 0.3) is 0 Å². The van der Waals surface area contributed by atoms with Gasteiger partial charge in [0, 0.05) is 12.5 Å². The first-order chi connectivity index (χ1) is 7.65. The molecule has 90 valence electrons. The number of nitrogens with two attached hydrogens (primary N) is 1. The van der Waals surface area contributed by atoms with Crippen molar-refractivity contribution in [2.45, 2.75) is 19.4 Å². The maximum atomic E-state index is 11.5. The molecule has 1 rings (SSSR count). The quantitative estimate of drug-likeness (QED) is 0.693. The fourth-order valence-electron chi connectivity index (χ4n) is 1.34. The molecule has 0 bridgehead atoms. The van der Waals surface area contributed by atoms with Crippen LogP contribution in [-0.4, -0.2) is 24.1 Å². The van der Waals surface area contributed by atoms with E-state index in [1.807, 2.05) is 23.8 Å². The van der Waals surface area contributed by atoms with Gasteiger partial charge in [0.2, 0.25) is 5.91 Å². The number of carbonyl (C=O) groups is 1. The van der Waals surface area contributed by atoms with Gasteiger partial charge >= 0.3 is 0 Å². The Kier molecular flexibility index (Phi) is 5.45. The average Bonchev–Trinajstić information content (AvgIpc) is 2.79. The maximum absolute atomic E-state index is 11.5. The first-order valence-corrected chi connectivity index (χ1v) is 6.27. The second kappa shape index (κ2) is 6.62. The van der Waals surface area contributed by atoms with E-state index in [2.05, 4.69) is 5.32 Å². The lowest BCUT2D eigenvalue weighted by Gasteiger charge is -2.14. The summed E-state index contributed by atoms with van der Waals surface area (Å²) in [6, 6.07) is 1.85. The fourth-order valence-corrected chi connectivity index (χ4v) is 2.04. The minimum Gasteiger partial charge on any atom is -0.387 e. The van der Waals surface area contributed by atoms with Crippen LogP contribution in [0.3, 0.4) is 0 Å². The van der Waals surface area contributed by atoms with Crippen molar-refractivity contribution in [1.82, 2.24) is 5.32 Å². The van der Waals surface area contributed by atoms with E-state index in [0.717, 1.165) is 5.56 Å². The third-order valence-corrected chi connectivity index (χ3v) is 3.15. The Hall–Kier alpha value is -0.910. The van der Waals surface area contributed by atoms with Crippen LogP contribution in [0.5, 0.6) is 0 Å². The number of thiophene rings is 1. The molecule has 0 saturated heterocycles. The van der Waals surface area contributed by atoms with Crippen LogP contribution in [0.25, 0.3) is 0 Å². The summed E-state index contributed by atoms with van der Waals surface area (Å²) in [6.07, 6.45) is 0.0423. The summed E-state index contributed by atoms with van der Waals surface area (Å²) in [7, 11) is 0. The molecule has 1 aromatic rings. The van der Waals surface area contributed by atoms with E-state index in [1.165, 1.54) is 11.3 Å². The summed E-state index contributed by atoms with van der Waals surface area (Å²) in [5.74, 6) is -0.153. The zero-order valence-corrected chi connectivity index (χ0v) is 10.2. The van der Waals surface area contributed by atoms with E-state index in [0.29, 0.717) is 13.0 Å². The molecule has 0 aliphatic carbocycles. The largest absolute Gasteiger partial charge is 0.387 e. The van der Waals surface area contributed by atoms with Gasteiger partial charge in [-0.25, -0.2) is 0 Å². The van der Waals surface area contributed by atoms with Crippen LogP contribution in [0.1, 0.15) is 25.0 Å². The van der Waals surface area contributed by atoms with Gasteiger partial charge in [0.05, 0.1) is 6.10 Å². The Morgan fingerprint density at radius 2 is 2.44 bits per heavy atom. The van der Waals surface area contributed by atoms with Crippen molar-refractivity contribution in [2.24, 2.45) is 11.7 Å². The third-order valence-electron chi connectivity index (χ3n) is 2.44. The minimum absolute atomic E-state index is 0.0558. The molecule has 0 fully saturated rings. The summed E-state index contributed by atoms with van der Waals surface area (Å²) < 4.78 is 0. The normalized spacial score (nSPS) is 14.4. The zero-order valence-electron chi connectivity index (χ0n) is 9.35. The number of nitrogens with one attached hydrogen (secondary N) is 1. The highest BCUT2D eigenvalue weighted by Gasteiger charge is 2.14. The van der Waals surface area contributed by atoms with Crippen LogP contribution >= 0.6 is 11.3 Å². The molecule has 4 N–H and O–H groups in total. The van der Waals surface area contributed by atoms with Crippen LogP contribution in [0, 0.1) is 5.92 Å². The summed E-state index contributed by atoms with van der Waals surface area (Å²) in [5, 5.41) is 16.2. The molecular formula is C11H18N2O2S. The molecule has 2 atom stereocenters. The van der Waals surface area contributed by atoms with Gasteiger partial charge in [0.15, 0.2) is 0 Å². The Balaban J connectivity index is 2.31. The van der Waals surface area contributed by atoms with E-state index < -0.39 is 6.10 Å². The van der Waals surface area contributed by atoms with Gasteiger partial charge in [-0.3, -0.25) is 4.79 Å². The Labute approximate surface area is 99.5 Å². The molecule has 0 aromatic carbocycles. The Morgan fingerprint density at radius 1 is 1.69 bits per heavy atom. The fraction of sp³-hybridized carbons (Fsp3) is 0.545. The summed E-state index contributed by atoms with van der Waals surface area (Å²) in [5.41, 5.74) is 6.22. The number of aliphatic hydroxyl groups is 1. The van der Waals surface area contributed by atoms with Gasteiger partial charge in [-0.1, -0.05) is 6.92 Å². The topological polar surface area (TPSA) is 75.4 Å². The monoisotopic (exact) mass is 242 g/mol. The van der Waals surface area contributed by atoms with Crippen LogP contribution < -0.4 is 11.1 Å². The van der Waals surface area contributed by atoms with Crippen molar-refractivity contribution in [1.29, 1.82) is 0 Å².